The minimum absolute atomic E-state index is 0.240. The van der Waals surface area contributed by atoms with Gasteiger partial charge in [0.25, 0.3) is 0 Å². The first-order valence-corrected chi connectivity index (χ1v) is 8.74. The summed E-state index contributed by atoms with van der Waals surface area (Å²) < 4.78 is 1.12. The van der Waals surface area contributed by atoms with Crippen molar-refractivity contribution >= 4 is 33.6 Å². The van der Waals surface area contributed by atoms with Crippen molar-refractivity contribution in [1.82, 2.24) is 5.32 Å². The Hall–Kier alpha value is -0.520. The number of primary amides is 1. The summed E-state index contributed by atoms with van der Waals surface area (Å²) >= 11 is 5.35. The molecular weight excluding hydrogens is 336 g/mol. The molecule has 110 valence electrons. The summed E-state index contributed by atoms with van der Waals surface area (Å²) in [6, 6.07) is 8.69. The molecular formula is C15H21BrN2OS. The van der Waals surface area contributed by atoms with E-state index in [-0.39, 0.29) is 5.91 Å². The molecule has 20 heavy (non-hydrogen) atoms. The minimum Gasteiger partial charge on any atom is -0.368 e. The molecule has 1 saturated carbocycles. The number of nitrogens with one attached hydrogen (secondary N) is 1. The number of rotatable bonds is 8. The fourth-order valence-electron chi connectivity index (χ4n) is 2.11. The largest absolute Gasteiger partial charge is 0.368 e. The molecule has 5 heteroatoms. The van der Waals surface area contributed by atoms with Gasteiger partial charge in [0.15, 0.2) is 0 Å². The third-order valence-corrected chi connectivity index (χ3v) is 5.67. The summed E-state index contributed by atoms with van der Waals surface area (Å²) in [6.07, 6.45) is 4.07. The summed E-state index contributed by atoms with van der Waals surface area (Å²) in [5.41, 5.74) is 4.99. The van der Waals surface area contributed by atoms with Crippen LogP contribution in [0.1, 0.15) is 32.6 Å². The monoisotopic (exact) mass is 356 g/mol. The zero-order chi connectivity index (χ0) is 14.6. The number of benzene rings is 1. The summed E-state index contributed by atoms with van der Waals surface area (Å²) in [6.45, 7) is 1.93. The molecule has 0 aliphatic heterocycles. The maximum absolute atomic E-state index is 11.6. The van der Waals surface area contributed by atoms with E-state index >= 15 is 0 Å². The Morgan fingerprint density at radius 3 is 2.80 bits per heavy atom. The molecule has 1 aliphatic carbocycles. The number of amides is 1. The van der Waals surface area contributed by atoms with Crippen molar-refractivity contribution in [3.8, 4) is 0 Å². The molecule has 0 bridgehead atoms. The lowest BCUT2D eigenvalue weighted by Gasteiger charge is -2.27. The molecule has 0 radical (unpaired) electrons. The second kappa shape index (κ2) is 6.96. The Labute approximate surface area is 133 Å². The Balaban J connectivity index is 1.78. The number of halogens is 1. The van der Waals surface area contributed by atoms with Crippen LogP contribution in [0.3, 0.4) is 0 Å². The van der Waals surface area contributed by atoms with E-state index in [9.17, 15) is 4.79 Å². The maximum Gasteiger partial charge on any atom is 0.237 e. The molecule has 1 atom stereocenters. The summed E-state index contributed by atoms with van der Waals surface area (Å²) in [7, 11) is 0. The van der Waals surface area contributed by atoms with Crippen molar-refractivity contribution in [2.75, 3.05) is 5.75 Å². The SMILES string of the molecule is CC(CCCSc1ccccc1Br)(NC1CC1)C(N)=O. The first kappa shape index (κ1) is 15.9. The fourth-order valence-corrected chi connectivity index (χ4v) is 3.63. The van der Waals surface area contributed by atoms with E-state index in [4.69, 9.17) is 5.73 Å². The zero-order valence-corrected chi connectivity index (χ0v) is 14.1. The van der Waals surface area contributed by atoms with Crippen LogP contribution < -0.4 is 11.1 Å². The van der Waals surface area contributed by atoms with Gasteiger partial charge in [0, 0.05) is 15.4 Å². The summed E-state index contributed by atoms with van der Waals surface area (Å²) in [4.78, 5) is 12.9. The predicted molar refractivity (Wildman–Crippen MR) is 87.9 cm³/mol. The normalized spacial score (nSPS) is 17.7. The van der Waals surface area contributed by atoms with Gasteiger partial charge in [-0.15, -0.1) is 11.8 Å². The van der Waals surface area contributed by atoms with Crippen LogP contribution in [-0.2, 0) is 4.79 Å². The number of carbonyl (C=O) groups is 1. The van der Waals surface area contributed by atoms with Crippen molar-refractivity contribution in [3.05, 3.63) is 28.7 Å². The highest BCUT2D eigenvalue weighted by Crippen LogP contribution is 2.29. The van der Waals surface area contributed by atoms with Gasteiger partial charge in [-0.25, -0.2) is 0 Å². The molecule has 0 saturated heterocycles. The predicted octanol–water partition coefficient (Wildman–Crippen LogP) is 3.32. The molecule has 2 rings (SSSR count). The zero-order valence-electron chi connectivity index (χ0n) is 11.7. The van der Waals surface area contributed by atoms with Crippen LogP contribution >= 0.6 is 27.7 Å². The quantitative estimate of drug-likeness (QED) is 0.554. The standard InChI is InChI=1S/C15H21BrN2OS/c1-15(14(17)19,18-11-7-8-11)9-4-10-20-13-6-3-2-5-12(13)16/h2-3,5-6,11,18H,4,7-10H2,1H3,(H2,17,19). The summed E-state index contributed by atoms with van der Waals surface area (Å²) in [5.74, 6) is 0.743. The highest BCUT2D eigenvalue weighted by Gasteiger charge is 2.36. The Morgan fingerprint density at radius 2 is 2.20 bits per heavy atom. The van der Waals surface area contributed by atoms with E-state index in [0.717, 1.165) is 35.9 Å². The lowest BCUT2D eigenvalue weighted by atomic mass is 9.95. The van der Waals surface area contributed by atoms with E-state index in [1.54, 1.807) is 0 Å². The van der Waals surface area contributed by atoms with Crippen LogP contribution in [0.2, 0.25) is 0 Å². The van der Waals surface area contributed by atoms with E-state index in [1.807, 2.05) is 36.9 Å². The Bertz CT molecular complexity index is 479. The molecule has 1 aliphatic rings. The average Bonchev–Trinajstić information content (AvgIpc) is 3.20. The van der Waals surface area contributed by atoms with Gasteiger partial charge in [-0.05, 0) is 66.4 Å². The van der Waals surface area contributed by atoms with Gasteiger partial charge >= 0.3 is 0 Å². The molecule has 3 N–H and O–H groups in total. The van der Waals surface area contributed by atoms with Crippen molar-refractivity contribution in [2.45, 2.75) is 49.1 Å². The van der Waals surface area contributed by atoms with E-state index in [1.165, 1.54) is 4.90 Å². The van der Waals surface area contributed by atoms with Gasteiger partial charge in [0.1, 0.15) is 0 Å². The third kappa shape index (κ3) is 4.50. The molecule has 3 nitrogen and oxygen atoms in total. The number of nitrogens with two attached hydrogens (primary N) is 1. The molecule has 0 spiro atoms. The van der Waals surface area contributed by atoms with Gasteiger partial charge in [-0.2, -0.15) is 0 Å². The van der Waals surface area contributed by atoms with Crippen LogP contribution in [0.5, 0.6) is 0 Å². The van der Waals surface area contributed by atoms with Crippen molar-refractivity contribution < 1.29 is 4.79 Å². The van der Waals surface area contributed by atoms with Gasteiger partial charge < -0.3 is 11.1 Å². The lowest BCUT2D eigenvalue weighted by Crippen LogP contribution is -2.54. The summed E-state index contributed by atoms with van der Waals surface area (Å²) in [5, 5.41) is 3.38. The molecule has 1 unspecified atom stereocenters. The lowest BCUT2D eigenvalue weighted by molar-refractivity contribution is -0.124. The van der Waals surface area contributed by atoms with Gasteiger partial charge in [-0.3, -0.25) is 4.79 Å². The molecule has 1 fully saturated rings. The third-order valence-electron chi connectivity index (χ3n) is 3.56. The first-order chi connectivity index (χ1) is 9.51. The minimum atomic E-state index is -0.560. The van der Waals surface area contributed by atoms with Crippen LogP contribution in [0.25, 0.3) is 0 Å². The Kier molecular flexibility index (Phi) is 5.52. The van der Waals surface area contributed by atoms with Crippen LogP contribution in [0, 0.1) is 0 Å². The fraction of sp³-hybridized carbons (Fsp3) is 0.533. The average molecular weight is 357 g/mol. The first-order valence-electron chi connectivity index (χ1n) is 6.96. The Morgan fingerprint density at radius 1 is 1.50 bits per heavy atom. The number of carbonyl (C=O) groups excluding carboxylic acids is 1. The van der Waals surface area contributed by atoms with Crippen molar-refractivity contribution in [3.63, 3.8) is 0 Å². The van der Waals surface area contributed by atoms with Crippen LogP contribution in [0.4, 0.5) is 0 Å². The molecule has 1 amide bonds. The smallest absolute Gasteiger partial charge is 0.237 e. The highest BCUT2D eigenvalue weighted by atomic mass is 79.9. The van der Waals surface area contributed by atoms with E-state index < -0.39 is 5.54 Å². The van der Waals surface area contributed by atoms with Crippen molar-refractivity contribution in [1.29, 1.82) is 0 Å². The number of hydrogen-bond donors (Lipinski definition) is 2. The van der Waals surface area contributed by atoms with Gasteiger partial charge in [-0.1, -0.05) is 12.1 Å². The topological polar surface area (TPSA) is 55.1 Å². The molecule has 0 aromatic heterocycles. The second-order valence-corrected chi connectivity index (χ2v) is 7.49. The van der Waals surface area contributed by atoms with Crippen molar-refractivity contribution in [2.24, 2.45) is 5.73 Å². The van der Waals surface area contributed by atoms with Gasteiger partial charge in [0.2, 0.25) is 5.91 Å². The molecule has 1 aromatic carbocycles. The molecule has 1 aromatic rings. The number of thioether (sulfide) groups is 1. The van der Waals surface area contributed by atoms with Crippen LogP contribution in [-0.4, -0.2) is 23.2 Å². The second-order valence-electron chi connectivity index (χ2n) is 5.50. The van der Waals surface area contributed by atoms with E-state index in [2.05, 4.69) is 27.3 Å². The molecule has 0 heterocycles. The van der Waals surface area contributed by atoms with Crippen LogP contribution in [0.15, 0.2) is 33.6 Å². The number of hydrogen-bond acceptors (Lipinski definition) is 3. The van der Waals surface area contributed by atoms with Gasteiger partial charge in [0.05, 0.1) is 5.54 Å². The highest BCUT2D eigenvalue weighted by molar-refractivity contribution is 9.10. The van der Waals surface area contributed by atoms with E-state index in [0.29, 0.717) is 6.04 Å². The maximum atomic E-state index is 11.6.